The van der Waals surface area contributed by atoms with Crippen LogP contribution in [0.1, 0.15) is 47.5 Å². The Balaban J connectivity index is 0.00000576. The molecule has 1 aliphatic rings. The van der Waals surface area contributed by atoms with Crippen molar-refractivity contribution < 1.29 is 53.8 Å². The molecule has 1 fully saturated rings. The van der Waals surface area contributed by atoms with E-state index in [4.69, 9.17) is 4.74 Å². The molecule has 8 nitrogen and oxygen atoms in total. The maximum absolute atomic E-state index is 12.1. The number of carbonyl (C=O) groups excluding carboxylic acids is 3. The van der Waals surface area contributed by atoms with Crippen LogP contribution in [-0.2, 0) is 9.53 Å². The van der Waals surface area contributed by atoms with Gasteiger partial charge in [-0.15, -0.1) is 0 Å². The Hall–Kier alpha value is -0.990. The number of urea groups is 1. The molecule has 0 aromatic rings. The van der Waals surface area contributed by atoms with Crippen molar-refractivity contribution in [1.82, 2.24) is 15.5 Å². The van der Waals surface area contributed by atoms with E-state index in [-0.39, 0.29) is 41.5 Å². The van der Waals surface area contributed by atoms with Crippen molar-refractivity contribution in [2.24, 2.45) is 5.92 Å². The first-order chi connectivity index (χ1) is 11.0. The minimum atomic E-state index is -1.29. The van der Waals surface area contributed by atoms with Crippen molar-refractivity contribution in [2.45, 2.75) is 65.1 Å². The Morgan fingerprint density at radius 1 is 1.16 bits per heavy atom. The molecule has 2 N–H and O–H groups in total. The number of likely N-dealkylation sites (tertiary alicyclic amines) is 1. The Kier molecular flexibility index (Phi) is 9.82. The molecule has 0 aromatic carbocycles. The second-order valence-corrected chi connectivity index (χ2v) is 7.40. The monoisotopic (exact) mass is 365 g/mol. The quantitative estimate of drug-likeness (QED) is 0.534. The largest absolute Gasteiger partial charge is 1.00 e. The molecule has 138 valence electrons. The van der Waals surface area contributed by atoms with Crippen LogP contribution in [0.25, 0.3) is 0 Å². The standard InChI is InChI=1S/C16H29N3O5.Na/c1-10(2)12(13(20)21)18-14(22)19-8-6-11(7-9-19)17-15(23)24-16(3,4)5;/h10-12H,6-9H2,1-5H3,(H,17,23)(H,18,22)(H,20,21);/q;+1/p-1/t12-;/m0./s1. The molecule has 0 bridgehead atoms. The van der Waals surface area contributed by atoms with E-state index in [2.05, 4.69) is 10.6 Å². The summed E-state index contributed by atoms with van der Waals surface area (Å²) in [5.74, 6) is -1.55. The zero-order valence-corrected chi connectivity index (χ0v) is 18.0. The van der Waals surface area contributed by atoms with E-state index in [9.17, 15) is 19.5 Å². The van der Waals surface area contributed by atoms with E-state index in [1.54, 1.807) is 39.5 Å². The second kappa shape index (κ2) is 10.2. The number of piperidine rings is 1. The van der Waals surface area contributed by atoms with Crippen molar-refractivity contribution in [3.63, 3.8) is 0 Å². The van der Waals surface area contributed by atoms with Gasteiger partial charge in [0.25, 0.3) is 0 Å². The Labute approximate surface area is 171 Å². The summed E-state index contributed by atoms with van der Waals surface area (Å²) in [6.45, 7) is 9.66. The van der Waals surface area contributed by atoms with Gasteiger partial charge < -0.3 is 30.2 Å². The first-order valence-corrected chi connectivity index (χ1v) is 8.25. The number of carboxylic acids is 1. The summed E-state index contributed by atoms with van der Waals surface area (Å²) in [6, 6.07) is -1.50. The summed E-state index contributed by atoms with van der Waals surface area (Å²) in [7, 11) is 0. The Morgan fingerprint density at radius 2 is 1.68 bits per heavy atom. The third-order valence-corrected chi connectivity index (χ3v) is 3.70. The number of hydrogen-bond donors (Lipinski definition) is 2. The first kappa shape index (κ1) is 24.0. The van der Waals surface area contributed by atoms with Crippen LogP contribution >= 0.6 is 0 Å². The van der Waals surface area contributed by atoms with Crippen LogP contribution in [-0.4, -0.2) is 53.8 Å². The molecule has 1 atom stereocenters. The van der Waals surface area contributed by atoms with Crippen molar-refractivity contribution >= 4 is 18.1 Å². The fourth-order valence-electron chi connectivity index (χ4n) is 2.42. The minimum Gasteiger partial charge on any atom is -0.548 e. The summed E-state index contributed by atoms with van der Waals surface area (Å²) in [6.07, 6.45) is 0.705. The van der Waals surface area contributed by atoms with Gasteiger partial charge in [-0.05, 0) is 39.5 Å². The van der Waals surface area contributed by atoms with Gasteiger partial charge >= 0.3 is 41.7 Å². The van der Waals surface area contributed by atoms with Gasteiger partial charge in [-0.2, -0.15) is 0 Å². The molecule has 3 amide bonds. The fraction of sp³-hybridized carbons (Fsp3) is 0.812. The second-order valence-electron chi connectivity index (χ2n) is 7.40. The summed E-state index contributed by atoms with van der Waals surface area (Å²) in [5.41, 5.74) is -0.554. The van der Waals surface area contributed by atoms with Gasteiger partial charge in [0, 0.05) is 19.1 Å². The maximum Gasteiger partial charge on any atom is 1.00 e. The summed E-state index contributed by atoms with van der Waals surface area (Å²) in [5, 5.41) is 16.3. The molecular weight excluding hydrogens is 337 g/mol. The zero-order valence-electron chi connectivity index (χ0n) is 16.0. The molecule has 25 heavy (non-hydrogen) atoms. The van der Waals surface area contributed by atoms with E-state index in [1.165, 1.54) is 0 Å². The van der Waals surface area contributed by atoms with Crippen LogP contribution in [0.2, 0.25) is 0 Å². The Bertz CT molecular complexity index is 471. The van der Waals surface area contributed by atoms with E-state index in [0.717, 1.165) is 0 Å². The molecule has 1 aliphatic heterocycles. The number of aliphatic carboxylic acids is 1. The van der Waals surface area contributed by atoms with Gasteiger partial charge in [0.15, 0.2) is 0 Å². The number of carbonyl (C=O) groups is 3. The van der Waals surface area contributed by atoms with Gasteiger partial charge in [0.2, 0.25) is 0 Å². The molecule has 0 saturated carbocycles. The smallest absolute Gasteiger partial charge is 0.548 e. The summed E-state index contributed by atoms with van der Waals surface area (Å²) < 4.78 is 5.20. The van der Waals surface area contributed by atoms with Crippen LogP contribution in [0.4, 0.5) is 9.59 Å². The third-order valence-electron chi connectivity index (χ3n) is 3.70. The molecule has 0 unspecified atom stereocenters. The molecule has 0 radical (unpaired) electrons. The van der Waals surface area contributed by atoms with E-state index in [0.29, 0.717) is 25.9 Å². The van der Waals surface area contributed by atoms with Crippen molar-refractivity contribution in [3.05, 3.63) is 0 Å². The first-order valence-electron chi connectivity index (χ1n) is 8.25. The normalized spacial score (nSPS) is 16.6. The molecule has 1 heterocycles. The van der Waals surface area contributed by atoms with E-state index < -0.39 is 29.7 Å². The van der Waals surface area contributed by atoms with Crippen LogP contribution in [0.5, 0.6) is 0 Å². The van der Waals surface area contributed by atoms with Crippen LogP contribution in [0.3, 0.4) is 0 Å². The van der Waals surface area contributed by atoms with Crippen molar-refractivity contribution in [2.75, 3.05) is 13.1 Å². The van der Waals surface area contributed by atoms with Crippen molar-refractivity contribution in [3.8, 4) is 0 Å². The number of nitrogens with zero attached hydrogens (tertiary/aromatic N) is 1. The summed E-state index contributed by atoms with van der Waals surface area (Å²) in [4.78, 5) is 36.5. The maximum atomic E-state index is 12.1. The molecule has 1 rings (SSSR count). The number of hydrogen-bond acceptors (Lipinski definition) is 5. The van der Waals surface area contributed by atoms with Gasteiger partial charge in [-0.25, -0.2) is 9.59 Å². The van der Waals surface area contributed by atoms with Crippen LogP contribution in [0, 0.1) is 5.92 Å². The average Bonchev–Trinajstić information content (AvgIpc) is 2.42. The number of alkyl carbamates (subject to hydrolysis) is 1. The van der Waals surface area contributed by atoms with Gasteiger partial charge in [-0.3, -0.25) is 0 Å². The van der Waals surface area contributed by atoms with Gasteiger partial charge in [0.05, 0.1) is 12.0 Å². The summed E-state index contributed by atoms with van der Waals surface area (Å²) >= 11 is 0. The number of amides is 3. The zero-order chi connectivity index (χ0) is 18.5. The molecular formula is C16H28N3NaO5. The predicted molar refractivity (Wildman–Crippen MR) is 86.1 cm³/mol. The minimum absolute atomic E-state index is 0. The SMILES string of the molecule is CC(C)[C@H](NC(=O)N1CCC(NC(=O)OC(C)(C)C)CC1)C(=O)[O-].[Na+]. The van der Waals surface area contributed by atoms with Gasteiger partial charge in [-0.1, -0.05) is 13.8 Å². The Morgan fingerprint density at radius 3 is 2.08 bits per heavy atom. The molecule has 0 aromatic heterocycles. The molecule has 0 spiro atoms. The number of rotatable bonds is 4. The predicted octanol–water partition coefficient (Wildman–Crippen LogP) is -2.54. The van der Waals surface area contributed by atoms with Crippen LogP contribution < -0.4 is 45.3 Å². The van der Waals surface area contributed by atoms with E-state index in [1.807, 2.05) is 0 Å². The average molecular weight is 365 g/mol. The molecule has 1 saturated heterocycles. The third kappa shape index (κ3) is 8.78. The van der Waals surface area contributed by atoms with Crippen LogP contribution in [0.15, 0.2) is 0 Å². The van der Waals surface area contributed by atoms with Gasteiger partial charge in [0.1, 0.15) is 5.60 Å². The molecule has 0 aliphatic carbocycles. The number of nitrogens with one attached hydrogen (secondary N) is 2. The molecule has 9 heteroatoms. The topological polar surface area (TPSA) is 111 Å². The number of carboxylic acid groups (broad SMARTS) is 1. The van der Waals surface area contributed by atoms with E-state index >= 15 is 0 Å². The number of ether oxygens (including phenoxy) is 1. The fourth-order valence-corrected chi connectivity index (χ4v) is 2.42. The van der Waals surface area contributed by atoms with Crippen molar-refractivity contribution in [1.29, 1.82) is 0 Å².